The number of halogens is 2. The molecule has 0 aliphatic heterocycles. The molecule has 7 heteroatoms. The summed E-state index contributed by atoms with van der Waals surface area (Å²) in [5, 5.41) is 6.87. The number of hydrogen-bond acceptors (Lipinski definition) is 5. The molecule has 0 radical (unpaired) electrons. The first-order valence-electron chi connectivity index (χ1n) is 8.52. The number of fused-ring (bicyclic) bond motifs is 1. The van der Waals surface area contributed by atoms with Crippen molar-refractivity contribution in [2.45, 2.75) is 0 Å². The van der Waals surface area contributed by atoms with Crippen LogP contribution in [0.3, 0.4) is 0 Å². The topological polar surface area (TPSA) is 59.1 Å². The summed E-state index contributed by atoms with van der Waals surface area (Å²) in [6.07, 6.45) is 0. The minimum atomic E-state index is -0.721. The van der Waals surface area contributed by atoms with Crippen LogP contribution in [-0.2, 0) is 0 Å². The summed E-state index contributed by atoms with van der Waals surface area (Å²) in [5.41, 5.74) is 1.58. The maximum absolute atomic E-state index is 14.0. The number of para-hydroxylation sites is 1. The molecular formula is C21H16F2N4O. The molecule has 1 aromatic heterocycles. The van der Waals surface area contributed by atoms with Gasteiger partial charge in [0.1, 0.15) is 23.2 Å². The molecule has 1 heterocycles. The van der Waals surface area contributed by atoms with Gasteiger partial charge in [0.25, 0.3) is 0 Å². The molecule has 0 aliphatic rings. The van der Waals surface area contributed by atoms with Gasteiger partial charge in [-0.25, -0.2) is 13.8 Å². The predicted molar refractivity (Wildman–Crippen MR) is 105 cm³/mol. The minimum absolute atomic E-state index is 0.0899. The van der Waals surface area contributed by atoms with Gasteiger partial charge in [-0.05, 0) is 48.5 Å². The first kappa shape index (κ1) is 17.7. The average Bonchev–Trinajstić information content (AvgIpc) is 2.71. The fourth-order valence-corrected chi connectivity index (χ4v) is 2.75. The lowest BCUT2D eigenvalue weighted by Gasteiger charge is -2.12. The van der Waals surface area contributed by atoms with Gasteiger partial charge in [0, 0.05) is 17.1 Å². The Hall–Kier alpha value is -3.74. The molecule has 0 amide bonds. The van der Waals surface area contributed by atoms with Crippen LogP contribution in [0.25, 0.3) is 10.9 Å². The zero-order valence-corrected chi connectivity index (χ0v) is 14.9. The molecule has 4 rings (SSSR count). The van der Waals surface area contributed by atoms with Gasteiger partial charge >= 0.3 is 0 Å². The third kappa shape index (κ3) is 3.68. The SMILES string of the molecule is COc1ccc(Nc2nc(Nc3ccc(F)cc3F)nc3ccccc23)cc1. The van der Waals surface area contributed by atoms with Crippen LogP contribution in [0.4, 0.5) is 31.9 Å². The van der Waals surface area contributed by atoms with Gasteiger partial charge in [-0.1, -0.05) is 12.1 Å². The molecule has 0 fully saturated rings. The monoisotopic (exact) mass is 378 g/mol. The van der Waals surface area contributed by atoms with Crippen LogP contribution in [0, 0.1) is 11.6 Å². The van der Waals surface area contributed by atoms with Crippen LogP contribution in [-0.4, -0.2) is 17.1 Å². The smallest absolute Gasteiger partial charge is 0.229 e. The molecule has 5 nitrogen and oxygen atoms in total. The van der Waals surface area contributed by atoms with Gasteiger partial charge in [-0.3, -0.25) is 0 Å². The van der Waals surface area contributed by atoms with Crippen LogP contribution in [0.15, 0.2) is 66.7 Å². The van der Waals surface area contributed by atoms with E-state index in [1.54, 1.807) is 7.11 Å². The summed E-state index contributed by atoms with van der Waals surface area (Å²) in [5.74, 6) is 0.124. The number of nitrogens with one attached hydrogen (secondary N) is 2. The minimum Gasteiger partial charge on any atom is -0.497 e. The van der Waals surface area contributed by atoms with Gasteiger partial charge < -0.3 is 15.4 Å². The summed E-state index contributed by atoms with van der Waals surface area (Å²) < 4.78 is 32.3. The molecule has 140 valence electrons. The molecule has 0 saturated carbocycles. The highest BCUT2D eigenvalue weighted by molar-refractivity contribution is 5.92. The van der Waals surface area contributed by atoms with Crippen molar-refractivity contribution in [3.63, 3.8) is 0 Å². The van der Waals surface area contributed by atoms with Gasteiger partial charge in [0.2, 0.25) is 5.95 Å². The number of anilines is 4. The van der Waals surface area contributed by atoms with Gasteiger partial charge in [-0.2, -0.15) is 4.98 Å². The maximum atomic E-state index is 14.0. The highest BCUT2D eigenvalue weighted by Gasteiger charge is 2.11. The molecule has 2 N–H and O–H groups in total. The Balaban J connectivity index is 1.72. The molecule has 0 bridgehead atoms. The van der Waals surface area contributed by atoms with Gasteiger partial charge in [0.05, 0.1) is 18.3 Å². The van der Waals surface area contributed by atoms with E-state index in [0.717, 1.165) is 22.9 Å². The highest BCUT2D eigenvalue weighted by Crippen LogP contribution is 2.27. The Kier molecular flexibility index (Phi) is 4.72. The Morgan fingerprint density at radius 3 is 2.39 bits per heavy atom. The number of ether oxygens (including phenoxy) is 1. The van der Waals surface area contributed by atoms with E-state index in [-0.39, 0.29) is 11.6 Å². The second kappa shape index (κ2) is 7.48. The quantitative estimate of drug-likeness (QED) is 0.487. The molecule has 0 spiro atoms. The van der Waals surface area contributed by atoms with E-state index < -0.39 is 11.6 Å². The second-order valence-corrected chi connectivity index (χ2v) is 6.02. The third-order valence-corrected chi connectivity index (χ3v) is 4.13. The van der Waals surface area contributed by atoms with Crippen LogP contribution in [0.2, 0.25) is 0 Å². The largest absolute Gasteiger partial charge is 0.497 e. The summed E-state index contributed by atoms with van der Waals surface area (Å²) >= 11 is 0. The van der Waals surface area contributed by atoms with E-state index in [1.165, 1.54) is 12.1 Å². The molecular weight excluding hydrogens is 362 g/mol. The molecule has 4 aromatic rings. The lowest BCUT2D eigenvalue weighted by molar-refractivity contribution is 0.415. The van der Waals surface area contributed by atoms with Crippen molar-refractivity contribution in [2.75, 3.05) is 17.7 Å². The fourth-order valence-electron chi connectivity index (χ4n) is 2.75. The molecule has 0 aliphatic carbocycles. The van der Waals surface area contributed by atoms with Crippen molar-refractivity contribution >= 4 is 34.0 Å². The number of methoxy groups -OCH3 is 1. The Morgan fingerprint density at radius 2 is 1.64 bits per heavy atom. The summed E-state index contributed by atoms with van der Waals surface area (Å²) in [6, 6.07) is 18.1. The number of aromatic nitrogens is 2. The van der Waals surface area contributed by atoms with E-state index in [1.807, 2.05) is 48.5 Å². The molecule has 0 saturated heterocycles. The Morgan fingerprint density at radius 1 is 0.857 bits per heavy atom. The zero-order valence-electron chi connectivity index (χ0n) is 14.9. The number of benzene rings is 3. The van der Waals surface area contributed by atoms with Crippen molar-refractivity contribution in [3.8, 4) is 5.75 Å². The van der Waals surface area contributed by atoms with E-state index >= 15 is 0 Å². The first-order chi connectivity index (χ1) is 13.6. The summed E-state index contributed by atoms with van der Waals surface area (Å²) in [7, 11) is 1.60. The lowest BCUT2D eigenvalue weighted by Crippen LogP contribution is -2.03. The molecule has 0 atom stereocenters. The molecule has 28 heavy (non-hydrogen) atoms. The summed E-state index contributed by atoms with van der Waals surface area (Å²) in [6.45, 7) is 0. The van der Waals surface area contributed by atoms with Gasteiger partial charge in [-0.15, -0.1) is 0 Å². The number of rotatable bonds is 5. The Bertz CT molecular complexity index is 1130. The summed E-state index contributed by atoms with van der Waals surface area (Å²) in [4.78, 5) is 8.89. The zero-order chi connectivity index (χ0) is 19.5. The second-order valence-electron chi connectivity index (χ2n) is 6.02. The van der Waals surface area contributed by atoms with Crippen molar-refractivity contribution < 1.29 is 13.5 Å². The highest BCUT2D eigenvalue weighted by atomic mass is 19.1. The van der Waals surface area contributed by atoms with Crippen molar-refractivity contribution in [1.82, 2.24) is 9.97 Å². The maximum Gasteiger partial charge on any atom is 0.229 e. The average molecular weight is 378 g/mol. The van der Waals surface area contributed by atoms with E-state index in [4.69, 9.17) is 4.74 Å². The fraction of sp³-hybridized carbons (Fsp3) is 0.0476. The standard InChI is InChI=1S/C21H16F2N4O/c1-28-15-9-7-14(8-10-15)24-20-16-4-2-3-5-18(16)25-21(27-20)26-19-11-6-13(22)12-17(19)23/h2-12H,1H3,(H2,24,25,26,27). The molecule has 3 aromatic carbocycles. The lowest BCUT2D eigenvalue weighted by atomic mass is 10.2. The normalized spacial score (nSPS) is 10.7. The van der Waals surface area contributed by atoms with Crippen molar-refractivity contribution in [3.05, 3.63) is 78.4 Å². The first-order valence-corrected chi connectivity index (χ1v) is 8.52. The van der Waals surface area contributed by atoms with Gasteiger partial charge in [0.15, 0.2) is 0 Å². The van der Waals surface area contributed by atoms with Crippen LogP contribution >= 0.6 is 0 Å². The van der Waals surface area contributed by atoms with E-state index in [9.17, 15) is 8.78 Å². The van der Waals surface area contributed by atoms with Crippen LogP contribution in [0.5, 0.6) is 5.75 Å². The Labute approximate surface area is 160 Å². The van der Waals surface area contributed by atoms with Crippen LogP contribution in [0.1, 0.15) is 0 Å². The van der Waals surface area contributed by atoms with Crippen LogP contribution < -0.4 is 15.4 Å². The van der Waals surface area contributed by atoms with E-state index in [2.05, 4.69) is 20.6 Å². The van der Waals surface area contributed by atoms with Crippen molar-refractivity contribution in [2.24, 2.45) is 0 Å². The predicted octanol–water partition coefficient (Wildman–Crippen LogP) is 5.40. The third-order valence-electron chi connectivity index (χ3n) is 4.13. The van der Waals surface area contributed by atoms with Crippen molar-refractivity contribution in [1.29, 1.82) is 0 Å². The number of hydrogen-bond donors (Lipinski definition) is 2. The number of nitrogens with zero attached hydrogens (tertiary/aromatic N) is 2. The molecule has 0 unspecified atom stereocenters. The van der Waals surface area contributed by atoms with E-state index in [0.29, 0.717) is 11.3 Å².